The van der Waals surface area contributed by atoms with Crippen LogP contribution in [0.1, 0.15) is 23.3 Å². The van der Waals surface area contributed by atoms with Gasteiger partial charge in [-0.3, -0.25) is 4.79 Å². The van der Waals surface area contributed by atoms with Crippen LogP contribution in [0.5, 0.6) is 0 Å². The highest BCUT2D eigenvalue weighted by Gasteiger charge is 2.34. The Labute approximate surface area is 128 Å². The summed E-state index contributed by atoms with van der Waals surface area (Å²) in [5.74, 6) is -0.378. The van der Waals surface area contributed by atoms with Crippen LogP contribution in [-0.4, -0.2) is 27.9 Å². The largest absolute Gasteiger partial charge is 0.480 e. The molecule has 1 atom stereocenters. The van der Waals surface area contributed by atoms with E-state index in [1.807, 2.05) is 30.3 Å². The van der Waals surface area contributed by atoms with Gasteiger partial charge in [0.25, 0.3) is 0 Å². The Kier molecular flexibility index (Phi) is 3.96. The smallest absolute Gasteiger partial charge is 0.326 e. The number of hydrogen-bond donors (Lipinski definition) is 1. The molecule has 5 heteroatoms. The molecule has 22 heavy (non-hydrogen) atoms. The van der Waals surface area contributed by atoms with E-state index in [-0.39, 0.29) is 12.3 Å². The molecule has 114 valence electrons. The lowest BCUT2D eigenvalue weighted by Gasteiger charge is -2.34. The van der Waals surface area contributed by atoms with Gasteiger partial charge < -0.3 is 14.4 Å². The van der Waals surface area contributed by atoms with Crippen LogP contribution in [0, 0.1) is 0 Å². The number of aryl methyl sites for hydroxylation is 1. The first-order chi connectivity index (χ1) is 10.6. The first-order valence-corrected chi connectivity index (χ1v) is 7.26. The van der Waals surface area contributed by atoms with Crippen LogP contribution in [0.2, 0.25) is 0 Å². The topological polar surface area (TPSA) is 70.8 Å². The van der Waals surface area contributed by atoms with Gasteiger partial charge >= 0.3 is 5.97 Å². The van der Waals surface area contributed by atoms with E-state index in [1.165, 1.54) is 4.90 Å². The molecule has 0 fully saturated rings. The van der Waals surface area contributed by atoms with E-state index in [2.05, 4.69) is 0 Å². The fourth-order valence-corrected chi connectivity index (χ4v) is 2.83. The maximum absolute atomic E-state index is 12.4. The number of aliphatic carboxylic acids is 1. The van der Waals surface area contributed by atoms with Gasteiger partial charge in [0.15, 0.2) is 0 Å². The van der Waals surface area contributed by atoms with Crippen molar-refractivity contribution in [1.82, 2.24) is 4.90 Å². The van der Waals surface area contributed by atoms with Gasteiger partial charge in [-0.1, -0.05) is 24.3 Å². The third-order valence-corrected chi connectivity index (χ3v) is 4.02. The molecular weight excluding hydrogens is 282 g/mol. The van der Waals surface area contributed by atoms with Crippen molar-refractivity contribution in [2.75, 3.05) is 0 Å². The third kappa shape index (κ3) is 2.88. The highest BCUT2D eigenvalue weighted by molar-refractivity contribution is 5.84. The van der Waals surface area contributed by atoms with E-state index in [0.29, 0.717) is 19.4 Å². The molecule has 0 bridgehead atoms. The van der Waals surface area contributed by atoms with Gasteiger partial charge in [0, 0.05) is 25.8 Å². The Hall–Kier alpha value is -2.56. The van der Waals surface area contributed by atoms with Crippen LogP contribution in [0.15, 0.2) is 47.1 Å². The quantitative estimate of drug-likeness (QED) is 0.940. The lowest BCUT2D eigenvalue weighted by molar-refractivity contribution is -0.151. The highest BCUT2D eigenvalue weighted by Crippen LogP contribution is 2.24. The molecule has 0 spiro atoms. The molecule has 0 saturated carbocycles. The molecule has 1 aromatic carbocycles. The second kappa shape index (κ2) is 6.05. The standard InChI is InChI=1S/C17H17NO4/c19-16(8-7-14-6-3-9-22-14)18-11-13-5-2-1-4-12(13)10-15(18)17(20)21/h1-6,9,15H,7-8,10-11H2,(H,20,21). The molecule has 1 aliphatic heterocycles. The molecule has 0 aliphatic carbocycles. The second-order valence-electron chi connectivity index (χ2n) is 5.43. The number of fused-ring (bicyclic) bond motifs is 1. The molecule has 1 aromatic heterocycles. The van der Waals surface area contributed by atoms with Gasteiger partial charge in [0.1, 0.15) is 11.8 Å². The molecule has 0 radical (unpaired) electrons. The van der Waals surface area contributed by atoms with Gasteiger partial charge in [0.2, 0.25) is 5.91 Å². The number of carbonyl (C=O) groups is 2. The normalized spacial score (nSPS) is 17.1. The molecule has 1 N–H and O–H groups in total. The van der Waals surface area contributed by atoms with E-state index in [1.54, 1.807) is 12.3 Å². The average Bonchev–Trinajstić information content (AvgIpc) is 3.04. The molecule has 2 aromatic rings. The van der Waals surface area contributed by atoms with Gasteiger partial charge in [-0.05, 0) is 23.3 Å². The minimum absolute atomic E-state index is 0.154. The summed E-state index contributed by atoms with van der Waals surface area (Å²) >= 11 is 0. The lowest BCUT2D eigenvalue weighted by Crippen LogP contribution is -2.48. The fourth-order valence-electron chi connectivity index (χ4n) is 2.83. The number of rotatable bonds is 4. The van der Waals surface area contributed by atoms with Crippen LogP contribution in [-0.2, 0) is 29.0 Å². The molecular formula is C17H17NO4. The molecule has 0 saturated heterocycles. The number of carboxylic acids is 1. The average molecular weight is 299 g/mol. The van der Waals surface area contributed by atoms with Crippen LogP contribution < -0.4 is 0 Å². The summed E-state index contributed by atoms with van der Waals surface area (Å²) in [7, 11) is 0. The third-order valence-electron chi connectivity index (χ3n) is 4.02. The van der Waals surface area contributed by atoms with Crippen LogP contribution in [0.4, 0.5) is 0 Å². The summed E-state index contributed by atoms with van der Waals surface area (Å²) in [6, 6.07) is 10.5. The van der Waals surface area contributed by atoms with Gasteiger partial charge in [-0.25, -0.2) is 4.79 Å². The SMILES string of the molecule is O=C(O)C1Cc2ccccc2CN1C(=O)CCc1ccco1. The Morgan fingerprint density at radius 3 is 2.64 bits per heavy atom. The first kappa shape index (κ1) is 14.4. The Bertz CT molecular complexity index is 678. The summed E-state index contributed by atoms with van der Waals surface area (Å²) in [6.45, 7) is 0.351. The monoisotopic (exact) mass is 299 g/mol. The number of benzene rings is 1. The number of amides is 1. The van der Waals surface area contributed by atoms with E-state index >= 15 is 0 Å². The summed E-state index contributed by atoms with van der Waals surface area (Å²) in [5, 5.41) is 9.42. The molecule has 1 amide bonds. The fraction of sp³-hybridized carbons (Fsp3) is 0.294. The highest BCUT2D eigenvalue weighted by atomic mass is 16.4. The zero-order valence-corrected chi connectivity index (χ0v) is 12.1. The molecule has 2 heterocycles. The first-order valence-electron chi connectivity index (χ1n) is 7.26. The number of carbonyl (C=O) groups excluding carboxylic acids is 1. The number of nitrogens with zero attached hydrogens (tertiary/aromatic N) is 1. The summed E-state index contributed by atoms with van der Waals surface area (Å²) in [6.07, 6.45) is 2.66. The van der Waals surface area contributed by atoms with E-state index < -0.39 is 12.0 Å². The zero-order valence-electron chi connectivity index (χ0n) is 12.1. The van der Waals surface area contributed by atoms with Gasteiger partial charge in [0.05, 0.1) is 6.26 Å². The van der Waals surface area contributed by atoms with Crippen molar-refractivity contribution in [3.63, 3.8) is 0 Å². The summed E-state index contributed by atoms with van der Waals surface area (Å²) < 4.78 is 5.21. The number of hydrogen-bond acceptors (Lipinski definition) is 3. The minimum Gasteiger partial charge on any atom is -0.480 e. The van der Waals surface area contributed by atoms with E-state index in [9.17, 15) is 14.7 Å². The number of furan rings is 1. The van der Waals surface area contributed by atoms with Crippen LogP contribution in [0.25, 0.3) is 0 Å². The molecule has 1 aliphatic rings. The zero-order chi connectivity index (χ0) is 15.5. The van der Waals surface area contributed by atoms with Crippen molar-refractivity contribution in [3.05, 3.63) is 59.5 Å². The Morgan fingerprint density at radius 2 is 1.95 bits per heavy atom. The Balaban J connectivity index is 1.75. The van der Waals surface area contributed by atoms with Crippen molar-refractivity contribution in [2.45, 2.75) is 31.8 Å². The van der Waals surface area contributed by atoms with Gasteiger partial charge in [-0.2, -0.15) is 0 Å². The minimum atomic E-state index is -0.958. The number of carboxylic acid groups (broad SMARTS) is 1. The van der Waals surface area contributed by atoms with Crippen molar-refractivity contribution >= 4 is 11.9 Å². The molecule has 5 nitrogen and oxygen atoms in total. The van der Waals surface area contributed by atoms with Crippen LogP contribution in [0.3, 0.4) is 0 Å². The van der Waals surface area contributed by atoms with Gasteiger partial charge in [-0.15, -0.1) is 0 Å². The van der Waals surface area contributed by atoms with Crippen molar-refractivity contribution < 1.29 is 19.1 Å². The van der Waals surface area contributed by atoms with E-state index in [4.69, 9.17) is 4.42 Å². The maximum Gasteiger partial charge on any atom is 0.326 e. The van der Waals surface area contributed by atoms with Crippen molar-refractivity contribution in [3.8, 4) is 0 Å². The molecule has 1 unspecified atom stereocenters. The summed E-state index contributed by atoms with van der Waals surface area (Å²) in [4.78, 5) is 25.4. The van der Waals surface area contributed by atoms with Crippen molar-refractivity contribution in [2.24, 2.45) is 0 Å². The van der Waals surface area contributed by atoms with E-state index in [0.717, 1.165) is 16.9 Å². The Morgan fingerprint density at radius 1 is 1.18 bits per heavy atom. The second-order valence-corrected chi connectivity index (χ2v) is 5.43. The maximum atomic E-state index is 12.4. The predicted octanol–water partition coefficient (Wildman–Crippen LogP) is 2.25. The predicted molar refractivity (Wildman–Crippen MR) is 79.1 cm³/mol. The summed E-state index contributed by atoms with van der Waals surface area (Å²) in [5.41, 5.74) is 2.02. The lowest BCUT2D eigenvalue weighted by atomic mass is 9.93. The van der Waals surface area contributed by atoms with Crippen LogP contribution >= 0.6 is 0 Å². The molecule has 3 rings (SSSR count). The van der Waals surface area contributed by atoms with Crippen molar-refractivity contribution in [1.29, 1.82) is 0 Å².